The van der Waals surface area contributed by atoms with Crippen molar-refractivity contribution < 1.29 is 27.1 Å². The Morgan fingerprint density at radius 1 is 1.00 bits per heavy atom. The Balaban J connectivity index is 1.67. The topological polar surface area (TPSA) is 62.4 Å². The molecule has 0 aliphatic rings. The van der Waals surface area contributed by atoms with Crippen molar-refractivity contribution in [1.29, 1.82) is 0 Å². The van der Waals surface area contributed by atoms with Crippen molar-refractivity contribution in [3.05, 3.63) is 60.2 Å². The van der Waals surface area contributed by atoms with Gasteiger partial charge in [0, 0.05) is 24.5 Å². The molecule has 2 aromatic rings. The van der Waals surface area contributed by atoms with Gasteiger partial charge in [-0.15, -0.1) is 0 Å². The summed E-state index contributed by atoms with van der Waals surface area (Å²) in [5.41, 5.74) is 1.91. The maximum atomic E-state index is 12.8. The number of carbonyl (C=O) groups is 1. The number of ether oxygens (including phenoxy) is 1. The Hall–Kier alpha value is -2.81. The minimum Gasteiger partial charge on any atom is -0.385 e. The molecule has 0 atom stereocenters. The van der Waals surface area contributed by atoms with E-state index in [4.69, 9.17) is 0 Å². The number of amides is 2. The fourth-order valence-electron chi connectivity index (χ4n) is 2.36. The zero-order valence-electron chi connectivity index (χ0n) is 15.6. The average molecular weight is 413 g/mol. The minimum atomic E-state index is -4.19. The van der Waals surface area contributed by atoms with Crippen LogP contribution in [0.15, 0.2) is 54.6 Å². The molecule has 0 aromatic heterocycles. The van der Waals surface area contributed by atoms with Crippen LogP contribution in [0.2, 0.25) is 0 Å². The average Bonchev–Trinajstić information content (AvgIpc) is 2.68. The normalized spacial score (nSPS) is 11.3. The predicted octanol–water partition coefficient (Wildman–Crippen LogP) is 4.73. The molecule has 0 aliphatic heterocycles. The lowest BCUT2D eigenvalue weighted by molar-refractivity contribution is -0.168. The van der Waals surface area contributed by atoms with Gasteiger partial charge in [-0.2, -0.15) is 8.78 Å². The second-order valence-electron chi connectivity index (χ2n) is 6.28. The molecular weight excluding hydrogens is 390 g/mol. The van der Waals surface area contributed by atoms with Gasteiger partial charge in [0.25, 0.3) is 0 Å². The van der Waals surface area contributed by atoms with Gasteiger partial charge < -0.3 is 20.7 Å². The molecule has 0 bridgehead atoms. The molecule has 29 heavy (non-hydrogen) atoms. The molecule has 0 heterocycles. The summed E-state index contributed by atoms with van der Waals surface area (Å²) in [6.07, 6.45) is -3.06. The summed E-state index contributed by atoms with van der Waals surface area (Å²) in [5, 5.41) is 8.56. The highest BCUT2D eigenvalue weighted by molar-refractivity contribution is 5.89. The van der Waals surface area contributed by atoms with Crippen LogP contribution in [0.5, 0.6) is 0 Å². The van der Waals surface area contributed by atoms with E-state index in [1.165, 1.54) is 6.07 Å². The first kappa shape index (κ1) is 22.5. The van der Waals surface area contributed by atoms with Gasteiger partial charge in [0.1, 0.15) is 6.61 Å². The highest BCUT2D eigenvalue weighted by Gasteiger charge is 2.40. The Kier molecular flexibility index (Phi) is 8.72. The molecule has 0 aliphatic carbocycles. The molecule has 0 saturated carbocycles. The van der Waals surface area contributed by atoms with Crippen molar-refractivity contribution in [1.82, 2.24) is 5.32 Å². The Labute approximate surface area is 166 Å². The summed E-state index contributed by atoms with van der Waals surface area (Å²) >= 11 is 0. The van der Waals surface area contributed by atoms with E-state index in [0.29, 0.717) is 30.8 Å². The standard InChI is InChI=1S/C20H23F4N3O2/c21-18(22)20(23,24)14-29-13-15-6-4-9-17(12-15)27-19(28)26-11-5-10-25-16-7-2-1-3-8-16/h1-4,6-9,12,18,25H,5,10-11,13-14H2,(H2,26,27,28). The molecule has 0 unspecified atom stereocenters. The van der Waals surface area contributed by atoms with Crippen molar-refractivity contribution in [2.24, 2.45) is 0 Å². The van der Waals surface area contributed by atoms with Crippen LogP contribution in [-0.4, -0.2) is 38.1 Å². The number of carbonyl (C=O) groups excluding carboxylic acids is 1. The number of hydrogen-bond acceptors (Lipinski definition) is 3. The third-order valence-electron chi connectivity index (χ3n) is 3.81. The van der Waals surface area contributed by atoms with Crippen molar-refractivity contribution in [3.8, 4) is 0 Å². The van der Waals surface area contributed by atoms with E-state index in [9.17, 15) is 22.4 Å². The zero-order valence-corrected chi connectivity index (χ0v) is 15.6. The number of halogens is 4. The number of hydrogen-bond donors (Lipinski definition) is 3. The van der Waals surface area contributed by atoms with Gasteiger partial charge >= 0.3 is 18.4 Å². The minimum absolute atomic E-state index is 0.273. The third kappa shape index (κ3) is 8.39. The number of anilines is 2. The fourth-order valence-corrected chi connectivity index (χ4v) is 2.36. The second-order valence-corrected chi connectivity index (χ2v) is 6.28. The van der Waals surface area contributed by atoms with Crippen LogP contribution in [0.3, 0.4) is 0 Å². The Morgan fingerprint density at radius 3 is 2.45 bits per heavy atom. The first-order valence-corrected chi connectivity index (χ1v) is 9.03. The summed E-state index contributed by atoms with van der Waals surface area (Å²) in [4.78, 5) is 11.9. The number of alkyl halides is 4. The van der Waals surface area contributed by atoms with Crippen LogP contribution >= 0.6 is 0 Å². The summed E-state index contributed by atoms with van der Waals surface area (Å²) in [7, 11) is 0. The van der Waals surface area contributed by atoms with Crippen LogP contribution in [0.4, 0.5) is 33.7 Å². The Morgan fingerprint density at radius 2 is 1.72 bits per heavy atom. The van der Waals surface area contributed by atoms with E-state index in [1.807, 2.05) is 30.3 Å². The van der Waals surface area contributed by atoms with Crippen molar-refractivity contribution in [2.45, 2.75) is 25.4 Å². The molecule has 2 amide bonds. The molecule has 9 heteroatoms. The van der Waals surface area contributed by atoms with E-state index in [1.54, 1.807) is 18.2 Å². The first-order valence-electron chi connectivity index (χ1n) is 9.03. The van der Waals surface area contributed by atoms with E-state index in [-0.39, 0.29) is 6.61 Å². The molecule has 2 aromatic carbocycles. The van der Waals surface area contributed by atoms with Gasteiger partial charge in [0.05, 0.1) is 6.61 Å². The number of nitrogens with one attached hydrogen (secondary N) is 3. The summed E-state index contributed by atoms with van der Waals surface area (Å²) < 4.78 is 54.5. The number of para-hydroxylation sites is 1. The van der Waals surface area contributed by atoms with E-state index < -0.39 is 25.0 Å². The number of benzene rings is 2. The third-order valence-corrected chi connectivity index (χ3v) is 3.81. The predicted molar refractivity (Wildman–Crippen MR) is 104 cm³/mol. The van der Waals surface area contributed by atoms with Gasteiger partial charge in [-0.05, 0) is 36.2 Å². The van der Waals surface area contributed by atoms with Crippen molar-refractivity contribution in [2.75, 3.05) is 30.3 Å². The largest absolute Gasteiger partial charge is 0.385 e. The maximum absolute atomic E-state index is 12.8. The lowest BCUT2D eigenvalue weighted by Gasteiger charge is -2.15. The van der Waals surface area contributed by atoms with Crippen LogP contribution in [0.25, 0.3) is 0 Å². The van der Waals surface area contributed by atoms with Crippen molar-refractivity contribution in [3.63, 3.8) is 0 Å². The zero-order chi connectivity index (χ0) is 21.1. The van der Waals surface area contributed by atoms with E-state index >= 15 is 0 Å². The smallest absolute Gasteiger partial charge is 0.330 e. The van der Waals surface area contributed by atoms with Gasteiger partial charge in [0.2, 0.25) is 0 Å². The molecule has 0 radical (unpaired) electrons. The molecule has 5 nitrogen and oxygen atoms in total. The second kappa shape index (κ2) is 11.3. The van der Waals surface area contributed by atoms with Crippen LogP contribution in [0.1, 0.15) is 12.0 Å². The molecule has 158 valence electrons. The number of urea groups is 1. The summed E-state index contributed by atoms with van der Waals surface area (Å²) in [6, 6.07) is 15.6. The highest BCUT2D eigenvalue weighted by Crippen LogP contribution is 2.23. The SMILES string of the molecule is O=C(NCCCNc1ccccc1)Nc1cccc(COCC(F)(F)C(F)F)c1. The van der Waals surface area contributed by atoms with Crippen molar-refractivity contribution >= 4 is 17.4 Å². The molecule has 0 spiro atoms. The monoisotopic (exact) mass is 413 g/mol. The molecule has 0 saturated heterocycles. The van der Waals surface area contributed by atoms with Gasteiger partial charge in [-0.1, -0.05) is 30.3 Å². The van der Waals surface area contributed by atoms with Gasteiger partial charge in [-0.3, -0.25) is 0 Å². The number of rotatable bonds is 11. The van der Waals surface area contributed by atoms with Gasteiger partial charge in [0.15, 0.2) is 0 Å². The van der Waals surface area contributed by atoms with Crippen LogP contribution in [0, 0.1) is 0 Å². The fraction of sp³-hybridized carbons (Fsp3) is 0.350. The summed E-state index contributed by atoms with van der Waals surface area (Å²) in [6.45, 7) is -0.498. The summed E-state index contributed by atoms with van der Waals surface area (Å²) in [5.74, 6) is -4.19. The quantitative estimate of drug-likeness (QED) is 0.369. The molecule has 0 fully saturated rings. The Bertz CT molecular complexity index is 760. The molecule has 2 rings (SSSR count). The lowest BCUT2D eigenvalue weighted by Crippen LogP contribution is -2.32. The molecular formula is C20H23F4N3O2. The highest BCUT2D eigenvalue weighted by atomic mass is 19.3. The lowest BCUT2D eigenvalue weighted by atomic mass is 10.2. The first-order chi connectivity index (χ1) is 13.9. The van der Waals surface area contributed by atoms with Crippen LogP contribution < -0.4 is 16.0 Å². The van der Waals surface area contributed by atoms with E-state index in [0.717, 1.165) is 5.69 Å². The maximum Gasteiger partial charge on any atom is 0.330 e. The van der Waals surface area contributed by atoms with Crippen LogP contribution in [-0.2, 0) is 11.3 Å². The van der Waals surface area contributed by atoms with E-state index in [2.05, 4.69) is 20.7 Å². The molecule has 3 N–H and O–H groups in total. The van der Waals surface area contributed by atoms with Gasteiger partial charge in [-0.25, -0.2) is 13.6 Å².